The van der Waals surface area contributed by atoms with E-state index in [-0.39, 0.29) is 17.9 Å². The van der Waals surface area contributed by atoms with Gasteiger partial charge in [0.15, 0.2) is 0 Å². The molecule has 1 heterocycles. The monoisotopic (exact) mass is 330 g/mol. The van der Waals surface area contributed by atoms with Crippen LogP contribution in [0.1, 0.15) is 49.9 Å². The third kappa shape index (κ3) is 4.93. The van der Waals surface area contributed by atoms with E-state index in [4.69, 9.17) is 0 Å². The number of likely N-dealkylation sites (tertiary alicyclic amines) is 1. The Bertz CT molecular complexity index is 594. The molecule has 1 aliphatic rings. The number of rotatable bonds is 5. The summed E-state index contributed by atoms with van der Waals surface area (Å²) in [6.07, 6.45) is 4.32. The van der Waals surface area contributed by atoms with Gasteiger partial charge in [0.25, 0.3) is 5.91 Å². The van der Waals surface area contributed by atoms with Gasteiger partial charge in [0.05, 0.1) is 6.10 Å². The largest absolute Gasteiger partial charge is 0.393 e. The van der Waals surface area contributed by atoms with Crippen molar-refractivity contribution >= 4 is 17.5 Å². The molecule has 1 fully saturated rings. The van der Waals surface area contributed by atoms with E-state index >= 15 is 0 Å². The standard InChI is InChI=1S/C19H26N2O3/c1-3-14(4-2)13-18(23)20-16-7-5-15(6-8-16)19(24)21-11-9-17(22)10-12-21/h5-8,13,17,22H,3-4,9-12H2,1-2H3,(H,20,23). The minimum Gasteiger partial charge on any atom is -0.393 e. The second-order valence-electron chi connectivity index (χ2n) is 6.10. The predicted molar refractivity (Wildman–Crippen MR) is 94.9 cm³/mol. The molecule has 0 spiro atoms. The third-order valence-electron chi connectivity index (χ3n) is 4.39. The highest BCUT2D eigenvalue weighted by Gasteiger charge is 2.22. The van der Waals surface area contributed by atoms with Gasteiger partial charge in [-0.25, -0.2) is 0 Å². The fourth-order valence-electron chi connectivity index (χ4n) is 2.77. The van der Waals surface area contributed by atoms with Crippen molar-refractivity contribution in [3.63, 3.8) is 0 Å². The summed E-state index contributed by atoms with van der Waals surface area (Å²) in [5, 5.41) is 12.3. The normalized spacial score (nSPS) is 15.0. The number of amides is 2. The minimum absolute atomic E-state index is 0.0288. The fraction of sp³-hybridized carbons (Fsp3) is 0.474. The maximum Gasteiger partial charge on any atom is 0.253 e. The maximum absolute atomic E-state index is 12.4. The number of aliphatic hydroxyl groups is 1. The van der Waals surface area contributed by atoms with Crippen LogP contribution in [0.25, 0.3) is 0 Å². The highest BCUT2D eigenvalue weighted by atomic mass is 16.3. The zero-order chi connectivity index (χ0) is 17.5. The SMILES string of the molecule is CCC(=CC(=O)Nc1ccc(C(=O)N2CCC(O)CC2)cc1)CC. The zero-order valence-corrected chi connectivity index (χ0v) is 14.4. The Balaban J connectivity index is 1.96. The number of nitrogens with one attached hydrogen (secondary N) is 1. The highest BCUT2D eigenvalue weighted by Crippen LogP contribution is 2.16. The van der Waals surface area contributed by atoms with Crippen molar-refractivity contribution < 1.29 is 14.7 Å². The summed E-state index contributed by atoms with van der Waals surface area (Å²) in [5.41, 5.74) is 2.38. The number of benzene rings is 1. The minimum atomic E-state index is -0.296. The van der Waals surface area contributed by atoms with Crippen molar-refractivity contribution in [1.82, 2.24) is 4.90 Å². The van der Waals surface area contributed by atoms with E-state index in [2.05, 4.69) is 5.32 Å². The molecule has 0 saturated carbocycles. The first-order chi connectivity index (χ1) is 11.5. The molecule has 130 valence electrons. The van der Waals surface area contributed by atoms with Crippen LogP contribution in [0, 0.1) is 0 Å². The Morgan fingerprint density at radius 3 is 2.29 bits per heavy atom. The number of aliphatic hydroxyl groups excluding tert-OH is 1. The molecular formula is C19H26N2O3. The molecule has 1 aliphatic heterocycles. The van der Waals surface area contributed by atoms with Crippen LogP contribution in [0.4, 0.5) is 5.69 Å². The lowest BCUT2D eigenvalue weighted by Crippen LogP contribution is -2.40. The molecule has 5 heteroatoms. The van der Waals surface area contributed by atoms with E-state index < -0.39 is 0 Å². The van der Waals surface area contributed by atoms with E-state index in [1.807, 2.05) is 13.8 Å². The number of piperidine rings is 1. The smallest absolute Gasteiger partial charge is 0.253 e. The summed E-state index contributed by atoms with van der Waals surface area (Å²) >= 11 is 0. The Morgan fingerprint density at radius 1 is 1.17 bits per heavy atom. The molecular weight excluding hydrogens is 304 g/mol. The van der Waals surface area contributed by atoms with Gasteiger partial charge < -0.3 is 15.3 Å². The molecule has 0 radical (unpaired) electrons. The van der Waals surface area contributed by atoms with Gasteiger partial charge in [0.2, 0.25) is 5.91 Å². The van der Waals surface area contributed by atoms with Crippen LogP contribution in [0.15, 0.2) is 35.9 Å². The second-order valence-corrected chi connectivity index (χ2v) is 6.10. The van der Waals surface area contributed by atoms with Crippen LogP contribution in [-0.4, -0.2) is 41.0 Å². The molecule has 0 bridgehead atoms. The Labute approximate surface area is 143 Å². The predicted octanol–water partition coefficient (Wildman–Crippen LogP) is 2.97. The summed E-state index contributed by atoms with van der Waals surface area (Å²) in [6, 6.07) is 6.95. The summed E-state index contributed by atoms with van der Waals surface area (Å²) < 4.78 is 0. The number of hydrogen-bond donors (Lipinski definition) is 2. The van der Waals surface area contributed by atoms with Gasteiger partial charge in [-0.1, -0.05) is 19.4 Å². The maximum atomic E-state index is 12.4. The van der Waals surface area contributed by atoms with Gasteiger partial charge in [-0.15, -0.1) is 0 Å². The molecule has 1 aromatic rings. The summed E-state index contributed by atoms with van der Waals surface area (Å²) in [6.45, 7) is 5.23. The van der Waals surface area contributed by atoms with E-state index in [0.717, 1.165) is 18.4 Å². The van der Waals surface area contributed by atoms with Crippen LogP contribution in [0.5, 0.6) is 0 Å². The van der Waals surface area contributed by atoms with Gasteiger partial charge >= 0.3 is 0 Å². The van der Waals surface area contributed by atoms with Crippen molar-refractivity contribution in [1.29, 1.82) is 0 Å². The third-order valence-corrected chi connectivity index (χ3v) is 4.39. The van der Waals surface area contributed by atoms with Gasteiger partial charge in [-0.2, -0.15) is 0 Å². The molecule has 0 unspecified atom stereocenters. The van der Waals surface area contributed by atoms with Crippen molar-refractivity contribution in [3.8, 4) is 0 Å². The van der Waals surface area contributed by atoms with Gasteiger partial charge in [0.1, 0.15) is 0 Å². The first-order valence-electron chi connectivity index (χ1n) is 8.61. The van der Waals surface area contributed by atoms with E-state index in [1.165, 1.54) is 0 Å². The molecule has 2 rings (SSSR count). The van der Waals surface area contributed by atoms with Gasteiger partial charge in [-0.3, -0.25) is 9.59 Å². The Kier molecular flexibility index (Phi) is 6.55. The van der Waals surface area contributed by atoms with Gasteiger partial charge in [-0.05, 0) is 49.9 Å². The topological polar surface area (TPSA) is 69.6 Å². The first kappa shape index (κ1) is 18.2. The second kappa shape index (κ2) is 8.64. The van der Waals surface area contributed by atoms with Crippen LogP contribution in [0.3, 0.4) is 0 Å². The highest BCUT2D eigenvalue weighted by molar-refractivity contribution is 6.00. The lowest BCUT2D eigenvalue weighted by Gasteiger charge is -2.29. The van der Waals surface area contributed by atoms with Gasteiger partial charge in [0, 0.05) is 30.4 Å². The van der Waals surface area contributed by atoms with Crippen LogP contribution in [-0.2, 0) is 4.79 Å². The summed E-state index contributed by atoms with van der Waals surface area (Å²) in [7, 11) is 0. The lowest BCUT2D eigenvalue weighted by molar-refractivity contribution is -0.112. The lowest BCUT2D eigenvalue weighted by atomic mass is 10.1. The first-order valence-corrected chi connectivity index (χ1v) is 8.61. The fourth-order valence-corrected chi connectivity index (χ4v) is 2.77. The molecule has 24 heavy (non-hydrogen) atoms. The van der Waals surface area contributed by atoms with E-state index in [9.17, 15) is 14.7 Å². The van der Waals surface area contributed by atoms with E-state index in [0.29, 0.717) is 37.2 Å². The molecule has 0 aliphatic carbocycles. The van der Waals surface area contributed by atoms with Crippen molar-refractivity contribution in [3.05, 3.63) is 41.5 Å². The summed E-state index contributed by atoms with van der Waals surface area (Å²) in [4.78, 5) is 26.1. The molecule has 2 N–H and O–H groups in total. The van der Waals surface area contributed by atoms with Crippen molar-refractivity contribution in [2.75, 3.05) is 18.4 Å². The number of allylic oxidation sites excluding steroid dienone is 1. The molecule has 1 aromatic carbocycles. The Morgan fingerprint density at radius 2 is 1.75 bits per heavy atom. The number of hydrogen-bond acceptors (Lipinski definition) is 3. The quantitative estimate of drug-likeness (QED) is 0.816. The zero-order valence-electron chi connectivity index (χ0n) is 14.4. The Hall–Kier alpha value is -2.14. The molecule has 5 nitrogen and oxygen atoms in total. The molecule has 2 amide bonds. The molecule has 1 saturated heterocycles. The van der Waals surface area contributed by atoms with Crippen LogP contribution in [0.2, 0.25) is 0 Å². The molecule has 0 atom stereocenters. The number of carbonyl (C=O) groups is 2. The van der Waals surface area contributed by atoms with Crippen LogP contribution >= 0.6 is 0 Å². The number of carbonyl (C=O) groups excluding carboxylic acids is 2. The van der Waals surface area contributed by atoms with Crippen molar-refractivity contribution in [2.24, 2.45) is 0 Å². The number of nitrogens with zero attached hydrogens (tertiary/aromatic N) is 1. The molecule has 0 aromatic heterocycles. The van der Waals surface area contributed by atoms with Crippen molar-refractivity contribution in [2.45, 2.75) is 45.6 Å². The van der Waals surface area contributed by atoms with E-state index in [1.54, 1.807) is 35.2 Å². The average molecular weight is 330 g/mol. The average Bonchev–Trinajstić information content (AvgIpc) is 2.60. The summed E-state index contributed by atoms with van der Waals surface area (Å²) in [5.74, 6) is -0.170. The number of anilines is 1. The van der Waals surface area contributed by atoms with Crippen LogP contribution < -0.4 is 5.32 Å².